The summed E-state index contributed by atoms with van der Waals surface area (Å²) in [6.45, 7) is 5.85. The molecule has 0 spiro atoms. The highest BCUT2D eigenvalue weighted by Crippen LogP contribution is 2.38. The summed E-state index contributed by atoms with van der Waals surface area (Å²) in [5, 5.41) is 6.93. The number of ether oxygens (including phenoxy) is 1. The monoisotopic (exact) mass is 489 g/mol. The number of nitrogens with zero attached hydrogens (tertiary/aromatic N) is 1. The first-order valence-electron chi connectivity index (χ1n) is 10.0. The lowest BCUT2D eigenvalue weighted by atomic mass is 10.1. The number of thioether (sulfide) groups is 1. The fraction of sp³-hybridized carbons (Fsp3) is 0.261. The van der Waals surface area contributed by atoms with Crippen LogP contribution >= 0.6 is 34.7 Å². The molecule has 0 atom stereocenters. The number of benzene rings is 2. The molecule has 3 aromatic rings. The van der Waals surface area contributed by atoms with E-state index in [4.69, 9.17) is 16.3 Å². The van der Waals surface area contributed by atoms with Gasteiger partial charge in [-0.15, -0.1) is 0 Å². The average Bonchev–Trinajstić information content (AvgIpc) is 3.17. The third kappa shape index (κ3) is 6.48. The van der Waals surface area contributed by atoms with Crippen LogP contribution in [-0.4, -0.2) is 34.7 Å². The summed E-state index contributed by atoms with van der Waals surface area (Å²) in [5.41, 5.74) is 0.394. The van der Waals surface area contributed by atoms with Gasteiger partial charge in [0.15, 0.2) is 9.94 Å². The quantitative estimate of drug-likeness (QED) is 0.388. The molecule has 0 saturated carbocycles. The SMILES string of the molecule is CCNC(=O)CSc1nc(-c2ccccc2)c(NC(=O)C(C)(C)Oc2ccc(Cl)cc2)s1. The van der Waals surface area contributed by atoms with Gasteiger partial charge in [0.2, 0.25) is 5.91 Å². The Labute approximate surface area is 200 Å². The van der Waals surface area contributed by atoms with Crippen molar-refractivity contribution in [2.24, 2.45) is 0 Å². The second-order valence-corrected chi connectivity index (χ2v) is 9.94. The van der Waals surface area contributed by atoms with Crippen molar-refractivity contribution >= 4 is 51.5 Å². The molecular formula is C23H24ClN3O3S2. The van der Waals surface area contributed by atoms with E-state index >= 15 is 0 Å². The Morgan fingerprint density at radius 3 is 2.47 bits per heavy atom. The predicted octanol–water partition coefficient (Wildman–Crippen LogP) is 5.49. The van der Waals surface area contributed by atoms with Gasteiger partial charge in [-0.2, -0.15) is 0 Å². The van der Waals surface area contributed by atoms with Crippen molar-refractivity contribution in [3.63, 3.8) is 0 Å². The lowest BCUT2D eigenvalue weighted by Gasteiger charge is -2.25. The largest absolute Gasteiger partial charge is 0.478 e. The van der Waals surface area contributed by atoms with Crippen LogP contribution in [0.1, 0.15) is 20.8 Å². The van der Waals surface area contributed by atoms with E-state index in [1.807, 2.05) is 37.3 Å². The summed E-state index contributed by atoms with van der Waals surface area (Å²) in [6, 6.07) is 16.5. The molecule has 3 rings (SSSR count). The van der Waals surface area contributed by atoms with Crippen molar-refractivity contribution in [1.82, 2.24) is 10.3 Å². The third-order valence-electron chi connectivity index (χ3n) is 4.32. The van der Waals surface area contributed by atoms with Gasteiger partial charge in [0.25, 0.3) is 5.91 Å². The van der Waals surface area contributed by atoms with E-state index in [2.05, 4.69) is 15.6 Å². The minimum Gasteiger partial charge on any atom is -0.478 e. The Kier molecular flexibility index (Phi) is 8.17. The van der Waals surface area contributed by atoms with E-state index < -0.39 is 5.60 Å². The van der Waals surface area contributed by atoms with Crippen LogP contribution < -0.4 is 15.4 Å². The topological polar surface area (TPSA) is 80.3 Å². The van der Waals surface area contributed by atoms with Crippen LogP contribution in [0.15, 0.2) is 58.9 Å². The molecule has 2 amide bonds. The van der Waals surface area contributed by atoms with Crippen molar-refractivity contribution in [2.45, 2.75) is 30.7 Å². The normalized spacial score (nSPS) is 11.1. The molecule has 32 heavy (non-hydrogen) atoms. The minimum absolute atomic E-state index is 0.0583. The van der Waals surface area contributed by atoms with Gasteiger partial charge in [-0.05, 0) is 45.0 Å². The predicted molar refractivity (Wildman–Crippen MR) is 132 cm³/mol. The lowest BCUT2D eigenvalue weighted by Crippen LogP contribution is -2.42. The van der Waals surface area contributed by atoms with Crippen molar-refractivity contribution in [3.05, 3.63) is 59.6 Å². The summed E-state index contributed by atoms with van der Waals surface area (Å²) in [6.07, 6.45) is 0. The molecule has 0 fully saturated rings. The standard InChI is InChI=1S/C23H24ClN3O3S2/c1-4-25-18(28)14-31-22-26-19(15-8-6-5-7-9-15)20(32-22)27-21(29)23(2,3)30-17-12-10-16(24)11-13-17/h5-13H,4,14H2,1-3H3,(H,25,28)(H,27,29). The number of amides is 2. The van der Waals surface area contributed by atoms with Crippen LogP contribution in [0.2, 0.25) is 5.02 Å². The number of thiazole rings is 1. The first-order valence-corrected chi connectivity index (χ1v) is 12.2. The lowest BCUT2D eigenvalue weighted by molar-refractivity contribution is -0.128. The fourth-order valence-electron chi connectivity index (χ4n) is 2.71. The van der Waals surface area contributed by atoms with Gasteiger partial charge >= 0.3 is 0 Å². The number of carbonyl (C=O) groups excluding carboxylic acids is 2. The smallest absolute Gasteiger partial charge is 0.268 e. The van der Waals surface area contributed by atoms with Gasteiger partial charge in [-0.25, -0.2) is 4.98 Å². The van der Waals surface area contributed by atoms with Gasteiger partial charge in [0, 0.05) is 17.1 Å². The van der Waals surface area contributed by atoms with Crippen molar-refractivity contribution in [1.29, 1.82) is 0 Å². The molecule has 0 saturated heterocycles. The number of aromatic nitrogens is 1. The number of anilines is 1. The Morgan fingerprint density at radius 2 is 1.81 bits per heavy atom. The molecule has 168 valence electrons. The van der Waals surface area contributed by atoms with Crippen molar-refractivity contribution in [2.75, 3.05) is 17.6 Å². The molecule has 0 aliphatic rings. The zero-order chi connectivity index (χ0) is 23.1. The second-order valence-electron chi connectivity index (χ2n) is 7.29. The van der Waals surface area contributed by atoms with Gasteiger partial charge in [-0.3, -0.25) is 9.59 Å². The minimum atomic E-state index is -1.14. The number of nitrogens with one attached hydrogen (secondary N) is 2. The molecule has 0 bridgehead atoms. The molecule has 0 unspecified atom stereocenters. The Balaban J connectivity index is 1.80. The summed E-state index contributed by atoms with van der Waals surface area (Å²) >= 11 is 8.60. The fourth-order valence-corrected chi connectivity index (χ4v) is 4.73. The zero-order valence-corrected chi connectivity index (χ0v) is 20.4. The van der Waals surface area contributed by atoms with E-state index in [9.17, 15) is 9.59 Å². The molecule has 6 nitrogen and oxygen atoms in total. The maximum atomic E-state index is 13.1. The second kappa shape index (κ2) is 10.8. The zero-order valence-electron chi connectivity index (χ0n) is 18.0. The molecule has 9 heteroatoms. The number of carbonyl (C=O) groups is 2. The summed E-state index contributed by atoms with van der Waals surface area (Å²) in [5.74, 6) is 0.430. The first kappa shape index (κ1) is 24.1. The van der Waals surface area contributed by atoms with Crippen LogP contribution in [0.25, 0.3) is 11.3 Å². The van der Waals surface area contributed by atoms with E-state index in [0.717, 1.165) is 5.56 Å². The van der Waals surface area contributed by atoms with Gasteiger partial charge < -0.3 is 15.4 Å². The Morgan fingerprint density at radius 1 is 1.12 bits per heavy atom. The van der Waals surface area contributed by atoms with Gasteiger partial charge in [-0.1, -0.05) is 65.0 Å². The third-order valence-corrected chi connectivity index (χ3v) is 6.68. The molecule has 1 heterocycles. The van der Waals surface area contributed by atoms with Gasteiger partial charge in [0.1, 0.15) is 16.4 Å². The van der Waals surface area contributed by atoms with E-state index in [1.165, 1.54) is 23.1 Å². The van der Waals surface area contributed by atoms with Crippen LogP contribution in [0.5, 0.6) is 5.75 Å². The number of halogens is 1. The van der Waals surface area contributed by atoms with Crippen LogP contribution in [0.3, 0.4) is 0 Å². The molecule has 1 aromatic heterocycles. The number of hydrogen-bond acceptors (Lipinski definition) is 6. The highest BCUT2D eigenvalue weighted by molar-refractivity contribution is 8.01. The molecule has 2 aromatic carbocycles. The Bertz CT molecular complexity index is 1070. The summed E-state index contributed by atoms with van der Waals surface area (Å²) in [7, 11) is 0. The maximum Gasteiger partial charge on any atom is 0.268 e. The molecule has 2 N–H and O–H groups in total. The average molecular weight is 490 g/mol. The van der Waals surface area contributed by atoms with Crippen LogP contribution in [0.4, 0.5) is 5.00 Å². The number of rotatable bonds is 9. The van der Waals surface area contributed by atoms with Gasteiger partial charge in [0.05, 0.1) is 5.75 Å². The number of hydrogen-bond donors (Lipinski definition) is 2. The van der Waals surface area contributed by atoms with Crippen molar-refractivity contribution in [3.8, 4) is 17.0 Å². The van der Waals surface area contributed by atoms with E-state index in [-0.39, 0.29) is 17.6 Å². The van der Waals surface area contributed by atoms with E-state index in [1.54, 1.807) is 38.1 Å². The summed E-state index contributed by atoms with van der Waals surface area (Å²) < 4.78 is 6.60. The first-order chi connectivity index (χ1) is 15.3. The highest BCUT2D eigenvalue weighted by atomic mass is 35.5. The van der Waals surface area contributed by atoms with Crippen molar-refractivity contribution < 1.29 is 14.3 Å². The molecule has 0 aliphatic carbocycles. The molecule has 0 aliphatic heterocycles. The molecule has 0 radical (unpaired) electrons. The Hall–Kier alpha value is -2.55. The summed E-state index contributed by atoms with van der Waals surface area (Å²) in [4.78, 5) is 29.6. The van der Waals surface area contributed by atoms with E-state index in [0.29, 0.717) is 32.4 Å². The van der Waals surface area contributed by atoms with Crippen LogP contribution in [-0.2, 0) is 9.59 Å². The highest BCUT2D eigenvalue weighted by Gasteiger charge is 2.31. The van der Waals surface area contributed by atoms with Crippen LogP contribution in [0, 0.1) is 0 Å². The molecular weight excluding hydrogens is 466 g/mol. The maximum absolute atomic E-state index is 13.1.